The van der Waals surface area contributed by atoms with Gasteiger partial charge in [0.25, 0.3) is 0 Å². The zero-order valence-electron chi connectivity index (χ0n) is 9.83. The quantitative estimate of drug-likeness (QED) is 0.745. The Morgan fingerprint density at radius 2 is 1.94 bits per heavy atom. The molecule has 0 spiro atoms. The van der Waals surface area contributed by atoms with Crippen molar-refractivity contribution in [1.82, 2.24) is 0 Å². The smallest absolute Gasteiger partial charge is 0.377 e. The highest BCUT2D eigenvalue weighted by molar-refractivity contribution is 5.85. The molecule has 0 radical (unpaired) electrons. The Hall–Kier alpha value is -0.420. The summed E-state index contributed by atoms with van der Waals surface area (Å²) in [6, 6.07) is -0.676. The van der Waals surface area contributed by atoms with Gasteiger partial charge in [0, 0.05) is 12.5 Å². The van der Waals surface area contributed by atoms with Gasteiger partial charge in [0.2, 0.25) is 0 Å². The molecule has 0 amide bonds. The molecule has 0 aliphatic heterocycles. The van der Waals surface area contributed by atoms with Crippen molar-refractivity contribution in [3.8, 4) is 0 Å². The Bertz CT molecular complexity index is 213. The van der Waals surface area contributed by atoms with E-state index in [1.165, 1.54) is 6.92 Å². The van der Waals surface area contributed by atoms with E-state index < -0.39 is 24.4 Å². The second-order valence-electron chi connectivity index (χ2n) is 4.02. The SMILES string of the molecule is CCOC(=O)C(F)(F)C[C@@H](N)CC(C)C.Cl. The van der Waals surface area contributed by atoms with Gasteiger partial charge in [-0.25, -0.2) is 4.79 Å². The number of nitrogens with two attached hydrogens (primary N) is 1. The second-order valence-corrected chi connectivity index (χ2v) is 4.02. The molecule has 0 aromatic rings. The lowest BCUT2D eigenvalue weighted by Gasteiger charge is -2.20. The molecule has 1 atom stereocenters. The third-order valence-corrected chi connectivity index (χ3v) is 1.87. The largest absolute Gasteiger partial charge is 0.462 e. The zero-order chi connectivity index (χ0) is 12.1. The molecule has 0 saturated carbocycles. The van der Waals surface area contributed by atoms with Crippen LogP contribution in [-0.4, -0.2) is 24.5 Å². The van der Waals surface area contributed by atoms with Crippen LogP contribution < -0.4 is 5.73 Å². The van der Waals surface area contributed by atoms with Gasteiger partial charge in [0.15, 0.2) is 0 Å². The maximum absolute atomic E-state index is 13.2. The van der Waals surface area contributed by atoms with Crippen molar-refractivity contribution in [2.45, 2.75) is 45.6 Å². The van der Waals surface area contributed by atoms with E-state index in [-0.39, 0.29) is 24.9 Å². The highest BCUT2D eigenvalue weighted by Gasteiger charge is 2.41. The lowest BCUT2D eigenvalue weighted by molar-refractivity contribution is -0.173. The van der Waals surface area contributed by atoms with Crippen molar-refractivity contribution >= 4 is 18.4 Å². The van der Waals surface area contributed by atoms with Crippen LogP contribution in [0.5, 0.6) is 0 Å². The zero-order valence-corrected chi connectivity index (χ0v) is 10.7. The third kappa shape index (κ3) is 6.95. The summed E-state index contributed by atoms with van der Waals surface area (Å²) in [5.74, 6) is -4.72. The maximum Gasteiger partial charge on any atom is 0.377 e. The van der Waals surface area contributed by atoms with Crippen LogP contribution >= 0.6 is 12.4 Å². The molecular weight excluding hydrogens is 240 g/mol. The number of esters is 1. The van der Waals surface area contributed by atoms with E-state index in [1.807, 2.05) is 13.8 Å². The molecule has 98 valence electrons. The van der Waals surface area contributed by atoms with Gasteiger partial charge in [0.1, 0.15) is 0 Å². The van der Waals surface area contributed by atoms with Crippen LogP contribution in [0.15, 0.2) is 0 Å². The topological polar surface area (TPSA) is 52.3 Å². The van der Waals surface area contributed by atoms with Crippen LogP contribution in [0.4, 0.5) is 8.78 Å². The summed E-state index contributed by atoms with van der Waals surface area (Å²) in [5.41, 5.74) is 5.51. The Kier molecular flexibility index (Phi) is 8.74. The van der Waals surface area contributed by atoms with E-state index in [9.17, 15) is 13.6 Å². The fourth-order valence-corrected chi connectivity index (χ4v) is 1.34. The minimum Gasteiger partial charge on any atom is -0.462 e. The lowest BCUT2D eigenvalue weighted by atomic mass is 9.99. The van der Waals surface area contributed by atoms with Crippen molar-refractivity contribution < 1.29 is 18.3 Å². The molecule has 0 unspecified atom stereocenters. The summed E-state index contributed by atoms with van der Waals surface area (Å²) < 4.78 is 30.6. The van der Waals surface area contributed by atoms with Gasteiger partial charge >= 0.3 is 11.9 Å². The molecule has 0 saturated heterocycles. The molecule has 2 N–H and O–H groups in total. The first kappa shape index (κ1) is 18.0. The molecule has 0 aromatic heterocycles. The average Bonchev–Trinajstić information content (AvgIpc) is 2.01. The number of carbonyl (C=O) groups is 1. The molecule has 0 fully saturated rings. The summed E-state index contributed by atoms with van der Waals surface area (Å²) in [6.07, 6.45) is -0.182. The molecular formula is C10H20ClF2NO2. The van der Waals surface area contributed by atoms with Crippen LogP contribution in [0.3, 0.4) is 0 Å². The maximum atomic E-state index is 13.2. The summed E-state index contributed by atoms with van der Waals surface area (Å²) in [7, 11) is 0. The van der Waals surface area contributed by atoms with Crippen LogP contribution in [0.2, 0.25) is 0 Å². The second kappa shape index (κ2) is 7.79. The fourth-order valence-electron chi connectivity index (χ4n) is 1.34. The Labute approximate surface area is 101 Å². The van der Waals surface area contributed by atoms with Gasteiger partial charge < -0.3 is 10.5 Å². The minimum absolute atomic E-state index is 0. The first-order valence-corrected chi connectivity index (χ1v) is 5.10. The average molecular weight is 260 g/mol. The lowest BCUT2D eigenvalue weighted by Crippen LogP contribution is -2.38. The van der Waals surface area contributed by atoms with E-state index in [2.05, 4.69) is 4.74 Å². The van der Waals surface area contributed by atoms with Crippen LogP contribution in [0.25, 0.3) is 0 Å². The Morgan fingerprint density at radius 3 is 2.31 bits per heavy atom. The summed E-state index contributed by atoms with van der Waals surface area (Å²) in [6.45, 7) is 5.22. The van der Waals surface area contributed by atoms with E-state index in [4.69, 9.17) is 5.73 Å². The van der Waals surface area contributed by atoms with E-state index in [0.29, 0.717) is 6.42 Å². The van der Waals surface area contributed by atoms with E-state index in [0.717, 1.165) is 0 Å². The van der Waals surface area contributed by atoms with Crippen molar-refractivity contribution in [3.63, 3.8) is 0 Å². The standard InChI is InChI=1S/C10H19F2NO2.ClH/c1-4-15-9(14)10(11,12)6-8(13)5-7(2)3;/h7-8H,4-6,13H2,1-3H3;1H/t8-;/m0./s1. The normalized spacial score (nSPS) is 13.2. The molecule has 0 aromatic carbocycles. The molecule has 6 heteroatoms. The van der Waals surface area contributed by atoms with Gasteiger partial charge in [-0.15, -0.1) is 12.4 Å². The molecule has 16 heavy (non-hydrogen) atoms. The number of hydrogen-bond donors (Lipinski definition) is 1. The van der Waals surface area contributed by atoms with Gasteiger partial charge in [-0.2, -0.15) is 8.78 Å². The molecule has 0 rings (SSSR count). The Morgan fingerprint density at radius 1 is 1.44 bits per heavy atom. The number of halogens is 3. The number of alkyl halides is 2. The van der Waals surface area contributed by atoms with Crippen molar-refractivity contribution in [2.24, 2.45) is 11.7 Å². The third-order valence-electron chi connectivity index (χ3n) is 1.87. The first-order chi connectivity index (χ1) is 6.79. The predicted molar refractivity (Wildman–Crippen MR) is 60.9 cm³/mol. The molecule has 3 nitrogen and oxygen atoms in total. The van der Waals surface area contributed by atoms with E-state index in [1.54, 1.807) is 0 Å². The number of hydrogen-bond acceptors (Lipinski definition) is 3. The number of carbonyl (C=O) groups excluding carboxylic acids is 1. The van der Waals surface area contributed by atoms with Gasteiger partial charge in [-0.3, -0.25) is 0 Å². The van der Waals surface area contributed by atoms with Crippen LogP contribution in [0.1, 0.15) is 33.6 Å². The predicted octanol–water partition coefficient (Wildman–Crippen LogP) is 2.37. The van der Waals surface area contributed by atoms with Crippen LogP contribution in [0, 0.1) is 5.92 Å². The van der Waals surface area contributed by atoms with Gasteiger partial charge in [-0.05, 0) is 19.3 Å². The van der Waals surface area contributed by atoms with Gasteiger partial charge in [0.05, 0.1) is 6.61 Å². The summed E-state index contributed by atoms with van der Waals surface area (Å²) in [4.78, 5) is 10.9. The highest BCUT2D eigenvalue weighted by Crippen LogP contribution is 2.23. The number of ether oxygens (including phenoxy) is 1. The van der Waals surface area contributed by atoms with Crippen molar-refractivity contribution in [2.75, 3.05) is 6.61 Å². The summed E-state index contributed by atoms with van der Waals surface area (Å²) >= 11 is 0. The van der Waals surface area contributed by atoms with E-state index >= 15 is 0 Å². The number of rotatable bonds is 6. The van der Waals surface area contributed by atoms with Crippen LogP contribution in [-0.2, 0) is 9.53 Å². The molecule has 0 aliphatic carbocycles. The van der Waals surface area contributed by atoms with Crippen molar-refractivity contribution in [1.29, 1.82) is 0 Å². The molecule has 0 bridgehead atoms. The molecule has 0 heterocycles. The molecule has 0 aliphatic rings. The minimum atomic E-state index is -3.47. The fraction of sp³-hybridized carbons (Fsp3) is 0.900. The summed E-state index contributed by atoms with van der Waals surface area (Å²) in [5, 5.41) is 0. The first-order valence-electron chi connectivity index (χ1n) is 5.10. The Balaban J connectivity index is 0. The highest BCUT2D eigenvalue weighted by atomic mass is 35.5. The van der Waals surface area contributed by atoms with Gasteiger partial charge in [-0.1, -0.05) is 13.8 Å². The monoisotopic (exact) mass is 259 g/mol. The van der Waals surface area contributed by atoms with Crippen molar-refractivity contribution in [3.05, 3.63) is 0 Å².